The van der Waals surface area contributed by atoms with Crippen molar-refractivity contribution < 1.29 is 39.1 Å². The topological polar surface area (TPSA) is 123 Å². The number of carbonyl (C=O) groups excluding carboxylic acids is 1. The minimum absolute atomic E-state index is 0.0731. The fourth-order valence-corrected chi connectivity index (χ4v) is 4.11. The number of halogens is 2. The number of ether oxygens (including phenoxy) is 3. The number of aromatic carboxylic acids is 1. The van der Waals surface area contributed by atoms with Gasteiger partial charge in [0.25, 0.3) is 0 Å². The van der Waals surface area contributed by atoms with Crippen molar-refractivity contribution in [2.24, 2.45) is 0 Å². The summed E-state index contributed by atoms with van der Waals surface area (Å²) in [4.78, 5) is 24.6. The van der Waals surface area contributed by atoms with Crippen molar-refractivity contribution in [2.75, 3.05) is 0 Å². The van der Waals surface area contributed by atoms with Crippen molar-refractivity contribution in [2.45, 2.75) is 20.1 Å². The Balaban J connectivity index is 1.64. The quantitative estimate of drug-likeness (QED) is 0.182. The molecule has 4 aromatic rings. The number of phenols is 2. The molecule has 0 aromatic heterocycles. The molecule has 0 bridgehead atoms. The molecular formula is C29H22Cl2O8. The fourth-order valence-electron chi connectivity index (χ4n) is 3.72. The molecule has 8 nitrogen and oxygen atoms in total. The number of carboxylic acid groups (broad SMARTS) is 1. The number of carbonyl (C=O) groups is 2. The normalized spacial score (nSPS) is 10.6. The maximum Gasteiger partial charge on any atom is 0.346 e. The number of aromatic hydroxyl groups is 2. The van der Waals surface area contributed by atoms with E-state index in [1.807, 2.05) is 30.3 Å². The first kappa shape index (κ1) is 27.6. The lowest BCUT2D eigenvalue weighted by atomic mass is 10.1. The number of hydrogen-bond donors (Lipinski definition) is 3. The monoisotopic (exact) mass is 568 g/mol. The van der Waals surface area contributed by atoms with Crippen LogP contribution in [0.5, 0.6) is 28.7 Å². The van der Waals surface area contributed by atoms with Gasteiger partial charge in [-0.1, -0.05) is 83.9 Å². The first-order chi connectivity index (χ1) is 18.7. The molecule has 10 heteroatoms. The Hall–Kier alpha value is -4.40. The second-order valence-corrected chi connectivity index (χ2v) is 9.12. The third-order valence-corrected chi connectivity index (χ3v) is 6.54. The van der Waals surface area contributed by atoms with Gasteiger partial charge in [-0.05, 0) is 23.6 Å². The zero-order valence-electron chi connectivity index (χ0n) is 20.5. The van der Waals surface area contributed by atoms with Crippen LogP contribution in [0.3, 0.4) is 0 Å². The van der Waals surface area contributed by atoms with Gasteiger partial charge >= 0.3 is 11.9 Å². The van der Waals surface area contributed by atoms with Crippen LogP contribution in [0.25, 0.3) is 0 Å². The molecule has 3 N–H and O–H groups in total. The maximum atomic E-state index is 12.6. The molecule has 0 saturated carbocycles. The van der Waals surface area contributed by atoms with Gasteiger partial charge in [-0.2, -0.15) is 0 Å². The number of phenolic OH excluding ortho intramolecular Hbond substituents is 2. The first-order valence-electron chi connectivity index (χ1n) is 11.5. The fraction of sp³-hybridized carbons (Fsp3) is 0.103. The Labute approximate surface area is 233 Å². The minimum atomic E-state index is -1.34. The highest BCUT2D eigenvalue weighted by molar-refractivity contribution is 6.34. The average Bonchev–Trinajstić information content (AvgIpc) is 2.92. The van der Waals surface area contributed by atoms with E-state index in [4.69, 9.17) is 37.4 Å². The molecule has 4 aromatic carbocycles. The van der Waals surface area contributed by atoms with Gasteiger partial charge in [-0.25, -0.2) is 9.59 Å². The van der Waals surface area contributed by atoms with Crippen LogP contribution in [0.2, 0.25) is 10.0 Å². The Bertz CT molecular complexity index is 1520. The van der Waals surface area contributed by atoms with Crippen LogP contribution >= 0.6 is 23.2 Å². The smallest absolute Gasteiger partial charge is 0.346 e. The number of rotatable bonds is 9. The number of esters is 1. The second-order valence-electron chi connectivity index (χ2n) is 8.36. The van der Waals surface area contributed by atoms with Crippen LogP contribution < -0.4 is 9.47 Å². The van der Waals surface area contributed by atoms with Gasteiger partial charge in [-0.15, -0.1) is 0 Å². The summed E-state index contributed by atoms with van der Waals surface area (Å²) in [5.74, 6) is -4.24. The predicted molar refractivity (Wildman–Crippen MR) is 144 cm³/mol. The van der Waals surface area contributed by atoms with Gasteiger partial charge in [0.05, 0.1) is 5.02 Å². The molecule has 0 unspecified atom stereocenters. The molecule has 0 amide bonds. The summed E-state index contributed by atoms with van der Waals surface area (Å²) in [6.07, 6.45) is 0. The Morgan fingerprint density at radius 2 is 1.36 bits per heavy atom. The van der Waals surface area contributed by atoms with Crippen LogP contribution in [0.1, 0.15) is 37.4 Å². The zero-order chi connectivity index (χ0) is 28.1. The Kier molecular flexibility index (Phi) is 8.49. The molecule has 4 rings (SSSR count). The van der Waals surface area contributed by atoms with Crippen LogP contribution in [0.4, 0.5) is 0 Å². The van der Waals surface area contributed by atoms with Gasteiger partial charge in [0.15, 0.2) is 11.5 Å². The van der Waals surface area contributed by atoms with E-state index in [0.717, 1.165) is 11.6 Å². The third-order valence-electron chi connectivity index (χ3n) is 5.70. The molecule has 0 aliphatic rings. The van der Waals surface area contributed by atoms with Gasteiger partial charge in [0, 0.05) is 12.1 Å². The van der Waals surface area contributed by atoms with Crippen molar-refractivity contribution in [3.05, 3.63) is 111 Å². The van der Waals surface area contributed by atoms with Crippen LogP contribution in [-0.2, 0) is 18.0 Å². The van der Waals surface area contributed by atoms with Crippen molar-refractivity contribution in [1.29, 1.82) is 0 Å². The van der Waals surface area contributed by atoms with Crippen molar-refractivity contribution >= 4 is 35.1 Å². The summed E-state index contributed by atoms with van der Waals surface area (Å²) >= 11 is 12.7. The first-order valence-corrected chi connectivity index (χ1v) is 12.3. The molecule has 200 valence electrons. The summed E-state index contributed by atoms with van der Waals surface area (Å²) < 4.78 is 16.7. The summed E-state index contributed by atoms with van der Waals surface area (Å²) in [5, 5.41) is 30.6. The van der Waals surface area contributed by atoms with Crippen molar-refractivity contribution in [3.63, 3.8) is 0 Å². The molecular weight excluding hydrogens is 547 g/mol. The molecule has 0 saturated heterocycles. The van der Waals surface area contributed by atoms with E-state index in [0.29, 0.717) is 5.56 Å². The van der Waals surface area contributed by atoms with Crippen LogP contribution in [-0.4, -0.2) is 27.3 Å². The van der Waals surface area contributed by atoms with E-state index in [-0.39, 0.29) is 46.6 Å². The predicted octanol–water partition coefficient (Wildman–Crippen LogP) is 7.14. The molecule has 0 spiro atoms. The largest absolute Gasteiger partial charge is 0.507 e. The molecule has 0 radical (unpaired) electrons. The van der Waals surface area contributed by atoms with Crippen LogP contribution in [0.15, 0.2) is 72.8 Å². The minimum Gasteiger partial charge on any atom is -0.507 e. The van der Waals surface area contributed by atoms with Gasteiger partial charge < -0.3 is 29.5 Å². The highest BCUT2D eigenvalue weighted by Crippen LogP contribution is 2.46. The summed E-state index contributed by atoms with van der Waals surface area (Å²) in [7, 11) is 0. The summed E-state index contributed by atoms with van der Waals surface area (Å²) in [6, 6.07) is 20.3. The van der Waals surface area contributed by atoms with E-state index in [9.17, 15) is 24.9 Å². The lowest BCUT2D eigenvalue weighted by molar-refractivity contribution is 0.0465. The summed E-state index contributed by atoms with van der Waals surface area (Å²) in [6.45, 7) is 1.52. The Morgan fingerprint density at radius 3 is 1.95 bits per heavy atom. The average molecular weight is 569 g/mol. The van der Waals surface area contributed by atoms with E-state index in [1.165, 1.54) is 13.0 Å². The van der Waals surface area contributed by atoms with E-state index >= 15 is 0 Å². The maximum absolute atomic E-state index is 12.6. The van der Waals surface area contributed by atoms with Crippen molar-refractivity contribution in [1.82, 2.24) is 0 Å². The van der Waals surface area contributed by atoms with Gasteiger partial charge in [0.2, 0.25) is 0 Å². The van der Waals surface area contributed by atoms with Crippen LogP contribution in [0, 0.1) is 6.92 Å². The number of carboxylic acids is 1. The summed E-state index contributed by atoms with van der Waals surface area (Å²) in [5.41, 5.74) is 0.855. The molecule has 0 aliphatic carbocycles. The molecule has 0 aliphatic heterocycles. The second kappa shape index (κ2) is 12.0. The number of benzene rings is 4. The van der Waals surface area contributed by atoms with Gasteiger partial charge in [-0.3, -0.25) is 0 Å². The number of hydrogen-bond acceptors (Lipinski definition) is 7. The molecule has 0 atom stereocenters. The highest BCUT2D eigenvalue weighted by atomic mass is 35.5. The molecule has 0 heterocycles. The lowest BCUT2D eigenvalue weighted by Gasteiger charge is -2.18. The lowest BCUT2D eigenvalue weighted by Crippen LogP contribution is -2.08. The van der Waals surface area contributed by atoms with Crippen molar-refractivity contribution in [3.8, 4) is 28.7 Å². The van der Waals surface area contributed by atoms with E-state index in [2.05, 4.69) is 0 Å². The van der Waals surface area contributed by atoms with Gasteiger partial charge in [0.1, 0.15) is 46.6 Å². The SMILES string of the molecule is Cc1c(Cl)c(OCc2ccccc2)cc(Oc2cc(O)c(C(=O)OCc3ccccc3)c(O)c2Cl)c1C(=O)O. The van der Waals surface area contributed by atoms with E-state index in [1.54, 1.807) is 30.3 Å². The molecule has 39 heavy (non-hydrogen) atoms. The molecule has 0 fully saturated rings. The highest BCUT2D eigenvalue weighted by Gasteiger charge is 2.27. The third kappa shape index (κ3) is 6.19. The zero-order valence-corrected chi connectivity index (χ0v) is 22.0. The standard InChI is InChI=1S/C29H22Cl2O8/c1-16-23(28(34)35)20(13-21(25(16)30)37-14-17-8-4-2-5-9-17)39-22-12-19(32)24(27(33)26(22)31)29(36)38-15-18-10-6-3-7-11-18/h2-13,32-33H,14-15H2,1H3,(H,34,35). The Morgan fingerprint density at radius 1 is 0.769 bits per heavy atom. The van der Waals surface area contributed by atoms with E-state index < -0.39 is 34.0 Å².